The summed E-state index contributed by atoms with van der Waals surface area (Å²) in [5.41, 5.74) is 1.57. The first-order valence-corrected chi connectivity index (χ1v) is 7.94. The van der Waals surface area contributed by atoms with Gasteiger partial charge in [0, 0.05) is 17.8 Å². The van der Waals surface area contributed by atoms with Gasteiger partial charge in [0.2, 0.25) is 5.91 Å². The highest BCUT2D eigenvalue weighted by Gasteiger charge is 2.48. The molecule has 1 spiro atoms. The largest absolute Gasteiger partial charge is 0.315 e. The zero-order valence-electron chi connectivity index (χ0n) is 13.3. The highest BCUT2D eigenvalue weighted by molar-refractivity contribution is 5.95. The van der Waals surface area contributed by atoms with Gasteiger partial charge in [0.05, 0.1) is 5.41 Å². The van der Waals surface area contributed by atoms with Crippen LogP contribution in [0.15, 0.2) is 11.3 Å². The molecule has 0 N–H and O–H groups in total. The van der Waals surface area contributed by atoms with Gasteiger partial charge in [-0.3, -0.25) is 9.59 Å². The summed E-state index contributed by atoms with van der Waals surface area (Å²) in [6.45, 7) is 8.54. The molecule has 20 heavy (non-hydrogen) atoms. The molecule has 2 aliphatic rings. The van der Waals surface area contributed by atoms with E-state index in [-0.39, 0.29) is 17.1 Å². The molecule has 2 rings (SSSR count). The lowest BCUT2D eigenvalue weighted by molar-refractivity contribution is -0.136. The molecule has 0 aromatic rings. The first-order chi connectivity index (χ1) is 9.41. The number of amides is 1. The molecule has 0 atom stereocenters. The van der Waals surface area contributed by atoms with Crippen LogP contribution in [-0.4, -0.2) is 23.1 Å². The van der Waals surface area contributed by atoms with Crippen LogP contribution in [0.4, 0.5) is 0 Å². The van der Waals surface area contributed by atoms with E-state index in [4.69, 9.17) is 0 Å². The fourth-order valence-corrected chi connectivity index (χ4v) is 3.72. The smallest absolute Gasteiger partial charge is 0.233 e. The topological polar surface area (TPSA) is 37.4 Å². The number of hydrogen-bond donors (Lipinski definition) is 0. The molecule has 1 aliphatic carbocycles. The number of nitrogens with zero attached hydrogens (tertiary/aromatic N) is 1. The van der Waals surface area contributed by atoms with Crippen molar-refractivity contribution in [3.8, 4) is 0 Å². The minimum Gasteiger partial charge on any atom is -0.315 e. The Morgan fingerprint density at radius 1 is 1.25 bits per heavy atom. The maximum Gasteiger partial charge on any atom is 0.233 e. The zero-order valence-corrected chi connectivity index (χ0v) is 13.3. The minimum atomic E-state index is -0.121. The maximum absolute atomic E-state index is 12.9. The molecule has 0 bridgehead atoms. The Morgan fingerprint density at radius 3 is 2.35 bits per heavy atom. The summed E-state index contributed by atoms with van der Waals surface area (Å²) in [6, 6.07) is 0. The van der Waals surface area contributed by atoms with Crippen molar-refractivity contribution in [2.75, 3.05) is 6.54 Å². The summed E-state index contributed by atoms with van der Waals surface area (Å²) in [6.07, 6.45) is 6.10. The van der Waals surface area contributed by atoms with Crippen LogP contribution in [0.25, 0.3) is 0 Å². The number of allylic oxidation sites excluding steroid dienone is 2. The second-order valence-electron chi connectivity index (χ2n) is 6.65. The monoisotopic (exact) mass is 277 g/mol. The molecule has 112 valence electrons. The predicted molar refractivity (Wildman–Crippen MR) is 80.1 cm³/mol. The van der Waals surface area contributed by atoms with Crippen LogP contribution in [0.1, 0.15) is 66.2 Å². The Morgan fingerprint density at radius 2 is 1.85 bits per heavy atom. The molecule has 1 heterocycles. The van der Waals surface area contributed by atoms with Crippen LogP contribution < -0.4 is 0 Å². The normalized spacial score (nSPS) is 31.7. The highest BCUT2D eigenvalue weighted by atomic mass is 16.2. The number of rotatable bonds is 3. The fourth-order valence-electron chi connectivity index (χ4n) is 3.72. The SMILES string of the molecule is CC/C(=C(/C)C(C)=O)N1CCC2(CCC(C)CC2)C1=O. The lowest BCUT2D eigenvalue weighted by atomic mass is 9.70. The number of carbonyl (C=O) groups is 2. The molecule has 0 aromatic carbocycles. The third-order valence-electron chi connectivity index (χ3n) is 5.37. The van der Waals surface area contributed by atoms with Gasteiger partial charge in [-0.25, -0.2) is 0 Å². The van der Waals surface area contributed by atoms with Gasteiger partial charge in [0.25, 0.3) is 0 Å². The summed E-state index contributed by atoms with van der Waals surface area (Å²) in [7, 11) is 0. The van der Waals surface area contributed by atoms with Crippen LogP contribution in [0.3, 0.4) is 0 Å². The van der Waals surface area contributed by atoms with Crippen molar-refractivity contribution in [3.63, 3.8) is 0 Å². The first kappa shape index (κ1) is 15.3. The van der Waals surface area contributed by atoms with Gasteiger partial charge in [-0.05, 0) is 58.3 Å². The van der Waals surface area contributed by atoms with Gasteiger partial charge in [-0.2, -0.15) is 0 Å². The second kappa shape index (κ2) is 5.71. The standard InChI is InChI=1S/C17H27NO2/c1-5-15(13(3)14(4)19)18-11-10-17(16(18)20)8-6-12(2)7-9-17/h12H,5-11H2,1-4H3/b15-13+. The first-order valence-electron chi connectivity index (χ1n) is 7.94. The summed E-state index contributed by atoms with van der Waals surface area (Å²) >= 11 is 0. The van der Waals surface area contributed by atoms with E-state index >= 15 is 0 Å². The lowest BCUT2D eigenvalue weighted by Gasteiger charge is -2.34. The van der Waals surface area contributed by atoms with Crippen LogP contribution >= 0.6 is 0 Å². The number of Topliss-reactive ketones (excluding diaryl/α,β-unsaturated/α-hetero) is 1. The quantitative estimate of drug-likeness (QED) is 0.738. The van der Waals surface area contributed by atoms with Crippen molar-refractivity contribution in [2.24, 2.45) is 11.3 Å². The zero-order chi connectivity index (χ0) is 14.9. The molecule has 0 aromatic heterocycles. The molecule has 3 nitrogen and oxygen atoms in total. The van der Waals surface area contributed by atoms with E-state index in [1.165, 1.54) is 0 Å². The van der Waals surface area contributed by atoms with Crippen molar-refractivity contribution in [1.29, 1.82) is 0 Å². The molecular formula is C17H27NO2. The van der Waals surface area contributed by atoms with E-state index in [0.29, 0.717) is 0 Å². The van der Waals surface area contributed by atoms with Crippen LogP contribution in [0.2, 0.25) is 0 Å². The Kier molecular flexibility index (Phi) is 4.36. The van der Waals surface area contributed by atoms with Gasteiger partial charge in [0.1, 0.15) is 0 Å². The Balaban J connectivity index is 2.23. The molecule has 3 heteroatoms. The van der Waals surface area contributed by atoms with Crippen molar-refractivity contribution >= 4 is 11.7 Å². The molecule has 1 saturated heterocycles. The summed E-state index contributed by atoms with van der Waals surface area (Å²) in [4.78, 5) is 26.4. The summed E-state index contributed by atoms with van der Waals surface area (Å²) < 4.78 is 0. The average Bonchev–Trinajstić information content (AvgIpc) is 2.73. The van der Waals surface area contributed by atoms with E-state index in [9.17, 15) is 9.59 Å². The van der Waals surface area contributed by atoms with Crippen molar-refractivity contribution in [3.05, 3.63) is 11.3 Å². The molecule has 1 aliphatic heterocycles. The molecule has 0 radical (unpaired) electrons. The Labute approximate surface area is 122 Å². The number of hydrogen-bond acceptors (Lipinski definition) is 2. The van der Waals surface area contributed by atoms with E-state index in [1.807, 2.05) is 18.7 Å². The average molecular weight is 277 g/mol. The number of ketones is 1. The van der Waals surface area contributed by atoms with Crippen molar-refractivity contribution < 1.29 is 9.59 Å². The van der Waals surface area contributed by atoms with Gasteiger partial charge >= 0.3 is 0 Å². The molecule has 0 unspecified atom stereocenters. The van der Waals surface area contributed by atoms with Gasteiger partial charge in [-0.15, -0.1) is 0 Å². The van der Waals surface area contributed by atoms with Gasteiger partial charge in [-0.1, -0.05) is 13.8 Å². The number of carbonyl (C=O) groups excluding carboxylic acids is 2. The molecule has 2 fully saturated rings. The summed E-state index contributed by atoms with van der Waals surface area (Å²) in [5, 5.41) is 0. The van der Waals surface area contributed by atoms with Crippen LogP contribution in [0.5, 0.6) is 0 Å². The number of likely N-dealkylation sites (tertiary alicyclic amines) is 1. The van der Waals surface area contributed by atoms with Crippen molar-refractivity contribution in [2.45, 2.75) is 66.2 Å². The van der Waals surface area contributed by atoms with Crippen LogP contribution in [0, 0.1) is 11.3 Å². The molecular weight excluding hydrogens is 250 g/mol. The van der Waals surface area contributed by atoms with Crippen molar-refractivity contribution in [1.82, 2.24) is 4.90 Å². The summed E-state index contributed by atoms with van der Waals surface area (Å²) in [5.74, 6) is 1.11. The maximum atomic E-state index is 12.9. The lowest BCUT2D eigenvalue weighted by Crippen LogP contribution is -2.37. The van der Waals surface area contributed by atoms with Crippen LogP contribution in [-0.2, 0) is 9.59 Å². The van der Waals surface area contributed by atoms with E-state index in [0.717, 1.165) is 62.3 Å². The Hall–Kier alpha value is -1.12. The van der Waals surface area contributed by atoms with E-state index in [1.54, 1.807) is 6.92 Å². The van der Waals surface area contributed by atoms with Gasteiger partial charge in [0.15, 0.2) is 5.78 Å². The Bertz CT molecular complexity index is 442. The van der Waals surface area contributed by atoms with Gasteiger partial charge < -0.3 is 4.90 Å². The third-order valence-corrected chi connectivity index (χ3v) is 5.37. The van der Waals surface area contributed by atoms with E-state index < -0.39 is 0 Å². The highest BCUT2D eigenvalue weighted by Crippen LogP contribution is 2.47. The molecule has 1 saturated carbocycles. The molecule has 1 amide bonds. The third kappa shape index (κ3) is 2.55. The minimum absolute atomic E-state index is 0.0767. The van der Waals surface area contributed by atoms with E-state index in [2.05, 4.69) is 6.92 Å². The second-order valence-corrected chi connectivity index (χ2v) is 6.65. The fraction of sp³-hybridized carbons (Fsp3) is 0.765. The predicted octanol–water partition coefficient (Wildman–Crippen LogP) is 3.69.